The van der Waals surface area contributed by atoms with Crippen LogP contribution in [0, 0.1) is 5.92 Å². The average Bonchev–Trinajstić information content (AvgIpc) is 2.27. The molecule has 1 N–H and O–H groups in total. The summed E-state index contributed by atoms with van der Waals surface area (Å²) in [6, 6.07) is 2.76. The fraction of sp³-hybridized carbons (Fsp3) is 0.583. The molecule has 0 aromatic carbocycles. The maximum Gasteiger partial charge on any atom is 0.242 e. The average molecular weight is 306 g/mol. The zero-order valence-corrected chi connectivity index (χ0v) is 13.2. The Bertz CT molecular complexity index is 500. The Morgan fingerprint density at radius 2 is 2.00 bits per heavy atom. The van der Waals surface area contributed by atoms with Crippen molar-refractivity contribution in [3.8, 4) is 0 Å². The van der Waals surface area contributed by atoms with E-state index in [1.54, 1.807) is 0 Å². The Morgan fingerprint density at radius 1 is 1.37 bits per heavy atom. The fourth-order valence-electron chi connectivity index (χ4n) is 1.57. The summed E-state index contributed by atoms with van der Waals surface area (Å²) in [5.41, 5.74) is 0. The Morgan fingerprint density at radius 3 is 2.42 bits per heavy atom. The Kier molecular flexibility index (Phi) is 5.73. The number of likely N-dealkylation sites (N-methyl/N-ethyl adjacent to an activating group) is 1. The Hall–Kier alpha value is -0.690. The smallest absolute Gasteiger partial charge is 0.242 e. The molecule has 1 aromatic heterocycles. The first kappa shape index (κ1) is 16.4. The van der Waals surface area contributed by atoms with Crippen LogP contribution in [-0.4, -0.2) is 45.0 Å². The van der Waals surface area contributed by atoms with Crippen molar-refractivity contribution in [1.82, 2.24) is 14.6 Å². The van der Waals surface area contributed by atoms with E-state index in [0.29, 0.717) is 6.54 Å². The number of nitrogens with zero attached hydrogens (tertiary/aromatic N) is 2. The van der Waals surface area contributed by atoms with Crippen LogP contribution >= 0.6 is 11.6 Å². The predicted molar refractivity (Wildman–Crippen MR) is 76.7 cm³/mol. The van der Waals surface area contributed by atoms with Crippen LogP contribution in [0.3, 0.4) is 0 Å². The number of hydrogen-bond acceptors (Lipinski definition) is 4. The number of pyridine rings is 1. The molecule has 0 aliphatic rings. The van der Waals surface area contributed by atoms with Gasteiger partial charge >= 0.3 is 0 Å². The van der Waals surface area contributed by atoms with Crippen molar-refractivity contribution in [2.75, 3.05) is 20.6 Å². The van der Waals surface area contributed by atoms with Crippen molar-refractivity contribution in [3.63, 3.8) is 0 Å². The van der Waals surface area contributed by atoms with Crippen molar-refractivity contribution in [2.45, 2.75) is 24.8 Å². The molecule has 1 unspecified atom stereocenters. The molecule has 0 aliphatic heterocycles. The number of halogens is 1. The van der Waals surface area contributed by atoms with E-state index < -0.39 is 10.0 Å². The zero-order valence-electron chi connectivity index (χ0n) is 11.6. The van der Waals surface area contributed by atoms with Crippen molar-refractivity contribution in [2.24, 2.45) is 5.92 Å². The van der Waals surface area contributed by atoms with Gasteiger partial charge in [0.1, 0.15) is 10.0 Å². The molecule has 7 heteroatoms. The fourth-order valence-corrected chi connectivity index (χ4v) is 3.00. The van der Waals surface area contributed by atoms with E-state index in [-0.39, 0.29) is 22.0 Å². The van der Waals surface area contributed by atoms with E-state index in [4.69, 9.17) is 11.6 Å². The van der Waals surface area contributed by atoms with Gasteiger partial charge in [0.2, 0.25) is 10.0 Å². The third-order valence-electron chi connectivity index (χ3n) is 2.68. The molecule has 0 bridgehead atoms. The van der Waals surface area contributed by atoms with Gasteiger partial charge in [0.05, 0.1) is 0 Å². The highest BCUT2D eigenvalue weighted by atomic mass is 35.5. The van der Waals surface area contributed by atoms with E-state index in [2.05, 4.69) is 9.71 Å². The molecule has 1 aromatic rings. The Balaban J connectivity index is 2.90. The van der Waals surface area contributed by atoms with Crippen molar-refractivity contribution >= 4 is 21.6 Å². The second kappa shape index (κ2) is 6.65. The van der Waals surface area contributed by atoms with Crippen LogP contribution in [0.1, 0.15) is 13.8 Å². The second-order valence-electron chi connectivity index (χ2n) is 5.05. The quantitative estimate of drug-likeness (QED) is 0.811. The normalized spacial score (nSPS) is 14.1. The van der Waals surface area contributed by atoms with Gasteiger partial charge in [-0.25, -0.2) is 18.1 Å². The lowest BCUT2D eigenvalue weighted by Crippen LogP contribution is -2.44. The highest BCUT2D eigenvalue weighted by molar-refractivity contribution is 7.89. The summed E-state index contributed by atoms with van der Waals surface area (Å²) in [5, 5.41) is 0.271. The third kappa shape index (κ3) is 5.06. The van der Waals surface area contributed by atoms with E-state index >= 15 is 0 Å². The monoisotopic (exact) mass is 305 g/mol. The van der Waals surface area contributed by atoms with Crippen LogP contribution in [-0.2, 0) is 10.0 Å². The summed E-state index contributed by atoms with van der Waals surface area (Å²) in [6.07, 6.45) is 1.26. The van der Waals surface area contributed by atoms with Gasteiger partial charge in [-0.2, -0.15) is 0 Å². The molecule has 19 heavy (non-hydrogen) atoms. The number of sulfonamides is 1. The lowest BCUT2D eigenvalue weighted by molar-refractivity contribution is 0.314. The van der Waals surface area contributed by atoms with E-state index in [0.717, 1.165) is 0 Å². The number of hydrogen-bond donors (Lipinski definition) is 1. The summed E-state index contributed by atoms with van der Waals surface area (Å²) < 4.78 is 27.2. The minimum absolute atomic E-state index is 0.126. The first-order chi connectivity index (χ1) is 8.72. The lowest BCUT2D eigenvalue weighted by atomic mass is 10.1. The number of aromatic nitrogens is 1. The summed E-state index contributed by atoms with van der Waals surface area (Å²) >= 11 is 5.65. The molecule has 5 nitrogen and oxygen atoms in total. The summed E-state index contributed by atoms with van der Waals surface area (Å²) in [7, 11) is 0.256. The predicted octanol–water partition coefficient (Wildman–Crippen LogP) is 1.60. The molecule has 1 rings (SSSR count). The van der Waals surface area contributed by atoms with Crippen LogP contribution < -0.4 is 4.72 Å². The third-order valence-corrected chi connectivity index (χ3v) is 4.38. The maximum atomic E-state index is 12.2. The lowest BCUT2D eigenvalue weighted by Gasteiger charge is -2.25. The van der Waals surface area contributed by atoms with Crippen LogP contribution in [0.25, 0.3) is 0 Å². The van der Waals surface area contributed by atoms with Crippen molar-refractivity contribution < 1.29 is 8.42 Å². The maximum absolute atomic E-state index is 12.2. The van der Waals surface area contributed by atoms with Gasteiger partial charge in [-0.15, -0.1) is 0 Å². The summed E-state index contributed by atoms with van der Waals surface area (Å²) in [5.74, 6) is 0.192. The van der Waals surface area contributed by atoms with Crippen LogP contribution in [0.15, 0.2) is 23.2 Å². The van der Waals surface area contributed by atoms with Gasteiger partial charge in [0.25, 0.3) is 0 Å². The van der Waals surface area contributed by atoms with Crippen molar-refractivity contribution in [3.05, 3.63) is 23.5 Å². The van der Waals surface area contributed by atoms with Crippen LogP contribution in [0.4, 0.5) is 0 Å². The number of nitrogens with one attached hydrogen (secondary N) is 1. The van der Waals surface area contributed by atoms with Crippen LogP contribution in [0.2, 0.25) is 5.15 Å². The highest BCUT2D eigenvalue weighted by Crippen LogP contribution is 2.13. The summed E-state index contributed by atoms with van der Waals surface area (Å²) in [6.45, 7) is 4.60. The summed E-state index contributed by atoms with van der Waals surface area (Å²) in [4.78, 5) is 5.87. The Labute approximate surface area is 120 Å². The molecule has 1 heterocycles. The van der Waals surface area contributed by atoms with Gasteiger partial charge < -0.3 is 4.90 Å². The molecule has 0 spiro atoms. The molecular weight excluding hydrogens is 286 g/mol. The van der Waals surface area contributed by atoms with Gasteiger partial charge in [-0.3, -0.25) is 0 Å². The van der Waals surface area contributed by atoms with Crippen LogP contribution in [0.5, 0.6) is 0 Å². The van der Waals surface area contributed by atoms with Crippen molar-refractivity contribution in [1.29, 1.82) is 0 Å². The first-order valence-corrected chi connectivity index (χ1v) is 7.87. The largest absolute Gasteiger partial charge is 0.308 e. The number of rotatable bonds is 6. The highest BCUT2D eigenvalue weighted by Gasteiger charge is 2.23. The van der Waals surface area contributed by atoms with E-state index in [1.807, 2.05) is 32.8 Å². The standard InChI is InChI=1S/C12H20ClN3O2S/c1-9(2)11(8-16(3)4)15-19(17,18)10-5-6-12(13)14-7-10/h5-7,9,11,15H,8H2,1-4H3. The molecule has 0 saturated heterocycles. The molecule has 0 fully saturated rings. The molecule has 0 radical (unpaired) electrons. The SMILES string of the molecule is CC(C)C(CN(C)C)NS(=O)(=O)c1ccc(Cl)nc1. The van der Waals surface area contributed by atoms with Gasteiger partial charge in [-0.1, -0.05) is 25.4 Å². The van der Waals surface area contributed by atoms with E-state index in [1.165, 1.54) is 18.3 Å². The minimum atomic E-state index is -3.56. The molecule has 1 atom stereocenters. The van der Waals surface area contributed by atoms with Gasteiger partial charge in [0.15, 0.2) is 0 Å². The minimum Gasteiger partial charge on any atom is -0.308 e. The second-order valence-corrected chi connectivity index (χ2v) is 7.15. The van der Waals surface area contributed by atoms with Gasteiger partial charge in [0, 0.05) is 18.8 Å². The molecular formula is C12H20ClN3O2S. The zero-order chi connectivity index (χ0) is 14.6. The van der Waals surface area contributed by atoms with Gasteiger partial charge in [-0.05, 0) is 32.1 Å². The molecule has 0 amide bonds. The molecule has 0 aliphatic carbocycles. The van der Waals surface area contributed by atoms with E-state index in [9.17, 15) is 8.42 Å². The first-order valence-electron chi connectivity index (χ1n) is 6.01. The topological polar surface area (TPSA) is 62.3 Å². The molecule has 0 saturated carbocycles. The molecule has 108 valence electrons.